The van der Waals surface area contributed by atoms with Crippen LogP contribution in [-0.2, 0) is 11.2 Å². The molecule has 23 heavy (non-hydrogen) atoms. The minimum atomic E-state index is -0.159. The van der Waals surface area contributed by atoms with Crippen molar-refractivity contribution in [1.82, 2.24) is 14.8 Å². The average Bonchev–Trinajstić information content (AvgIpc) is 2.98. The number of halogens is 1. The van der Waals surface area contributed by atoms with E-state index >= 15 is 0 Å². The molecule has 2 rings (SSSR count). The SMILES string of the molecule is CC(COC(=Cn1cncn1)C(C)(C)C)Cc1ccccc1F. The molecule has 4 nitrogen and oxygen atoms in total. The number of ether oxygens (including phenoxy) is 1. The van der Waals surface area contributed by atoms with Crippen molar-refractivity contribution in [2.75, 3.05) is 6.61 Å². The molecule has 0 N–H and O–H groups in total. The molecule has 1 aromatic carbocycles. The third kappa shape index (κ3) is 5.20. The highest BCUT2D eigenvalue weighted by Gasteiger charge is 2.20. The lowest BCUT2D eigenvalue weighted by Gasteiger charge is -2.25. The maximum absolute atomic E-state index is 13.7. The Morgan fingerprint density at radius 1 is 1.35 bits per heavy atom. The molecular weight excluding hydrogens is 293 g/mol. The fourth-order valence-corrected chi connectivity index (χ4v) is 2.18. The molecule has 0 spiro atoms. The first kappa shape index (κ1) is 17.2. The van der Waals surface area contributed by atoms with Crippen LogP contribution in [0.3, 0.4) is 0 Å². The lowest BCUT2D eigenvalue weighted by atomic mass is 9.94. The van der Waals surface area contributed by atoms with Crippen molar-refractivity contribution in [3.63, 3.8) is 0 Å². The van der Waals surface area contributed by atoms with Crippen molar-refractivity contribution in [3.05, 3.63) is 54.1 Å². The predicted molar refractivity (Wildman–Crippen MR) is 89.0 cm³/mol. The topological polar surface area (TPSA) is 39.9 Å². The van der Waals surface area contributed by atoms with Crippen molar-refractivity contribution >= 4 is 6.20 Å². The second-order valence-corrected chi connectivity index (χ2v) is 6.83. The van der Waals surface area contributed by atoms with E-state index < -0.39 is 0 Å². The predicted octanol–water partition coefficient (Wildman–Crippen LogP) is 4.16. The van der Waals surface area contributed by atoms with Gasteiger partial charge in [0.05, 0.1) is 12.8 Å². The van der Waals surface area contributed by atoms with Crippen LogP contribution in [0, 0.1) is 17.2 Å². The highest BCUT2D eigenvalue weighted by Crippen LogP contribution is 2.27. The van der Waals surface area contributed by atoms with E-state index in [0.717, 1.165) is 11.3 Å². The van der Waals surface area contributed by atoms with Crippen LogP contribution in [0.4, 0.5) is 4.39 Å². The fraction of sp³-hybridized carbons (Fsp3) is 0.444. The quantitative estimate of drug-likeness (QED) is 0.751. The summed E-state index contributed by atoms with van der Waals surface area (Å²) in [5.74, 6) is 0.866. The van der Waals surface area contributed by atoms with Crippen molar-refractivity contribution in [1.29, 1.82) is 0 Å². The molecule has 0 fully saturated rings. The van der Waals surface area contributed by atoms with Crippen LogP contribution >= 0.6 is 0 Å². The Hall–Kier alpha value is -2.17. The standard InChI is InChI=1S/C18H24FN3O/c1-14(9-15-7-5-6-8-16(15)19)11-23-17(18(2,3)4)10-22-13-20-12-21-22/h5-8,10,12-14H,9,11H2,1-4H3. The first-order valence-corrected chi connectivity index (χ1v) is 7.79. The summed E-state index contributed by atoms with van der Waals surface area (Å²) in [6.07, 6.45) is 5.59. The molecule has 5 heteroatoms. The normalized spacial score (nSPS) is 13.9. The van der Waals surface area contributed by atoms with Crippen LogP contribution < -0.4 is 0 Å². The zero-order valence-electron chi connectivity index (χ0n) is 14.2. The van der Waals surface area contributed by atoms with Crippen LogP contribution in [0.2, 0.25) is 0 Å². The Labute approximate surface area is 137 Å². The van der Waals surface area contributed by atoms with Gasteiger partial charge in [-0.1, -0.05) is 45.9 Å². The van der Waals surface area contributed by atoms with Crippen LogP contribution in [0.25, 0.3) is 6.20 Å². The lowest BCUT2D eigenvalue weighted by Crippen LogP contribution is -2.18. The Kier molecular flexibility index (Phi) is 5.53. The Balaban J connectivity index is 2.00. The molecular formula is C18H24FN3O. The number of benzene rings is 1. The minimum Gasteiger partial charge on any atom is -0.495 e. The molecule has 1 atom stereocenters. The third-order valence-corrected chi connectivity index (χ3v) is 3.47. The Bertz CT molecular complexity index is 645. The van der Waals surface area contributed by atoms with E-state index in [2.05, 4.69) is 37.8 Å². The van der Waals surface area contributed by atoms with E-state index in [9.17, 15) is 4.39 Å². The van der Waals surface area contributed by atoms with Gasteiger partial charge in [-0.15, -0.1) is 0 Å². The second kappa shape index (κ2) is 7.40. The summed E-state index contributed by atoms with van der Waals surface area (Å²) in [6.45, 7) is 8.82. The van der Waals surface area contributed by atoms with E-state index in [-0.39, 0.29) is 17.2 Å². The summed E-state index contributed by atoms with van der Waals surface area (Å²) >= 11 is 0. The van der Waals surface area contributed by atoms with Gasteiger partial charge in [0.15, 0.2) is 0 Å². The molecule has 124 valence electrons. The number of hydrogen-bond acceptors (Lipinski definition) is 3. The molecule has 0 amide bonds. The van der Waals surface area contributed by atoms with Gasteiger partial charge in [-0.05, 0) is 24.0 Å². The van der Waals surface area contributed by atoms with Gasteiger partial charge in [-0.3, -0.25) is 0 Å². The highest BCUT2D eigenvalue weighted by molar-refractivity contribution is 5.28. The average molecular weight is 317 g/mol. The molecule has 0 aliphatic rings. The van der Waals surface area contributed by atoms with Gasteiger partial charge in [0.1, 0.15) is 24.2 Å². The van der Waals surface area contributed by atoms with Gasteiger partial charge in [0.25, 0.3) is 0 Å². The molecule has 2 aromatic rings. The van der Waals surface area contributed by atoms with Gasteiger partial charge in [0.2, 0.25) is 0 Å². The fourth-order valence-electron chi connectivity index (χ4n) is 2.18. The van der Waals surface area contributed by atoms with E-state index in [0.29, 0.717) is 13.0 Å². The second-order valence-electron chi connectivity index (χ2n) is 6.83. The van der Waals surface area contributed by atoms with Crippen molar-refractivity contribution < 1.29 is 9.13 Å². The first-order valence-electron chi connectivity index (χ1n) is 7.79. The number of aromatic nitrogens is 3. The van der Waals surface area contributed by atoms with Crippen molar-refractivity contribution in [2.45, 2.75) is 34.1 Å². The summed E-state index contributed by atoms with van der Waals surface area (Å²) in [5.41, 5.74) is 0.574. The van der Waals surface area contributed by atoms with E-state index in [1.807, 2.05) is 18.3 Å². The van der Waals surface area contributed by atoms with Crippen LogP contribution in [-0.4, -0.2) is 21.4 Å². The monoisotopic (exact) mass is 317 g/mol. The van der Waals surface area contributed by atoms with Gasteiger partial charge in [-0.25, -0.2) is 14.1 Å². The Morgan fingerprint density at radius 3 is 2.70 bits per heavy atom. The molecule has 0 radical (unpaired) electrons. The largest absolute Gasteiger partial charge is 0.495 e. The third-order valence-electron chi connectivity index (χ3n) is 3.47. The molecule has 0 aliphatic carbocycles. The zero-order chi connectivity index (χ0) is 16.9. The summed E-state index contributed by atoms with van der Waals surface area (Å²) in [5, 5.41) is 4.08. The van der Waals surface area contributed by atoms with Crippen LogP contribution in [0.15, 0.2) is 42.7 Å². The van der Waals surface area contributed by atoms with Crippen molar-refractivity contribution in [3.8, 4) is 0 Å². The summed E-state index contributed by atoms with van der Waals surface area (Å²) in [4.78, 5) is 3.93. The number of rotatable bonds is 6. The first-order chi connectivity index (χ1) is 10.9. The van der Waals surface area contributed by atoms with E-state index in [1.54, 1.807) is 17.1 Å². The van der Waals surface area contributed by atoms with Gasteiger partial charge >= 0.3 is 0 Å². The molecule has 0 saturated heterocycles. The number of hydrogen-bond donors (Lipinski definition) is 0. The molecule has 0 aliphatic heterocycles. The van der Waals surface area contributed by atoms with Gasteiger partial charge in [-0.2, -0.15) is 5.10 Å². The molecule has 0 bridgehead atoms. The lowest BCUT2D eigenvalue weighted by molar-refractivity contribution is 0.125. The van der Waals surface area contributed by atoms with Crippen molar-refractivity contribution in [2.24, 2.45) is 11.3 Å². The molecule has 1 heterocycles. The molecule has 1 unspecified atom stereocenters. The van der Waals surface area contributed by atoms with Crippen LogP contribution in [0.5, 0.6) is 0 Å². The van der Waals surface area contributed by atoms with Crippen LogP contribution in [0.1, 0.15) is 33.3 Å². The summed E-state index contributed by atoms with van der Waals surface area (Å²) < 4.78 is 21.4. The molecule has 0 saturated carbocycles. The maximum Gasteiger partial charge on any atom is 0.138 e. The van der Waals surface area contributed by atoms with Gasteiger partial charge < -0.3 is 4.74 Å². The van der Waals surface area contributed by atoms with E-state index in [1.165, 1.54) is 12.4 Å². The number of nitrogens with zero attached hydrogens (tertiary/aromatic N) is 3. The smallest absolute Gasteiger partial charge is 0.138 e. The summed E-state index contributed by atoms with van der Waals surface area (Å²) in [6, 6.07) is 6.88. The minimum absolute atomic E-state index is 0.149. The zero-order valence-corrected chi connectivity index (χ0v) is 14.2. The number of allylic oxidation sites excluding steroid dienone is 1. The highest BCUT2D eigenvalue weighted by atomic mass is 19.1. The molecule has 1 aromatic heterocycles. The van der Waals surface area contributed by atoms with E-state index in [4.69, 9.17) is 4.74 Å². The van der Waals surface area contributed by atoms with Gasteiger partial charge in [0, 0.05) is 5.41 Å². The summed E-state index contributed by atoms with van der Waals surface area (Å²) in [7, 11) is 0. The maximum atomic E-state index is 13.7. The Morgan fingerprint density at radius 2 is 2.09 bits per heavy atom.